The molecule has 1 saturated heterocycles. The number of halogens is 1. The molecule has 0 bridgehead atoms. The molecule has 0 spiro atoms. The minimum atomic E-state index is -0.439. The van der Waals surface area contributed by atoms with Crippen LogP contribution in [0, 0.1) is 0 Å². The summed E-state index contributed by atoms with van der Waals surface area (Å²) >= 11 is 3.36. The van der Waals surface area contributed by atoms with E-state index >= 15 is 0 Å². The van der Waals surface area contributed by atoms with Crippen LogP contribution in [0.1, 0.15) is 30.9 Å². The van der Waals surface area contributed by atoms with E-state index in [1.54, 1.807) is 50.0 Å². The Morgan fingerprint density at radius 3 is 1.99 bits per heavy atom. The van der Waals surface area contributed by atoms with E-state index in [-0.39, 0.29) is 39.9 Å². The average molecular weight is 1100 g/mol. The molecule has 0 radical (unpaired) electrons. The fraction of sp³-hybridized carbons (Fsp3) is 0.340. The predicted octanol–water partition coefficient (Wildman–Crippen LogP) is 4.09. The third kappa shape index (κ3) is 9.84. The summed E-state index contributed by atoms with van der Waals surface area (Å²) in [6.07, 6.45) is 3.77. The number of rotatable bonds is 9. The molecule has 1 N–H and O–H groups in total. The zero-order valence-corrected chi connectivity index (χ0v) is 44.8. The number of aryl methyl sites for hydroxylation is 3. The maximum Gasteiger partial charge on any atom is 0.332 e. The number of para-hydroxylation sites is 2. The molecule has 11 rings (SSSR count). The van der Waals surface area contributed by atoms with Crippen molar-refractivity contribution < 1.29 is 9.84 Å². The molecule has 22 nitrogen and oxygen atoms in total. The van der Waals surface area contributed by atoms with Crippen LogP contribution in [-0.4, -0.2) is 95.1 Å². The van der Waals surface area contributed by atoms with Gasteiger partial charge in [-0.25, -0.2) is 19.4 Å². The number of phenols is 1. The van der Waals surface area contributed by atoms with Gasteiger partial charge in [-0.1, -0.05) is 71.4 Å². The standard InChI is InChI=1S/C19H23N5O2.C18H21N5O3.C16H15BrN4O3/c1-3-10-24-17(25)15-16(21(2)19(24)26)20-18-22(11-7-12-23(15)18)13-14-8-5-4-6-9-14;1-20-16-12(17(25)21(2)18(20)26)11-15(19-16)23-9-7-22(8-10-23)13-5-3-4-6-14(13)24;1-4-9-21-12-13(19(2)16(23)20(3)14(12)22)18-15(21)24-11-7-5-10(17)6-8-11/h4-6,8-9H,3,7,10-13H2,1-2H3;3-6,24H,7-11H2,1-2H3;4-8H,1,9H2,2-3H3. The van der Waals surface area contributed by atoms with Crippen LogP contribution >= 0.6 is 15.9 Å². The van der Waals surface area contributed by atoms with E-state index in [9.17, 15) is 33.9 Å². The Bertz CT molecular complexity index is 3930. The van der Waals surface area contributed by atoms with Gasteiger partial charge < -0.3 is 29.1 Å². The van der Waals surface area contributed by atoms with E-state index in [2.05, 4.69) is 59.3 Å². The number of phenolic OH excluding ortho intramolecular Hbond substituents is 1. The molecule has 76 heavy (non-hydrogen) atoms. The molecule has 1 fully saturated rings. The lowest BCUT2D eigenvalue weighted by Crippen LogP contribution is -2.49. The second kappa shape index (κ2) is 21.8. The lowest BCUT2D eigenvalue weighted by atomic mass is 10.2. The fourth-order valence-corrected chi connectivity index (χ4v) is 10.0. The van der Waals surface area contributed by atoms with E-state index in [0.717, 1.165) is 89.7 Å². The predicted molar refractivity (Wildman–Crippen MR) is 296 cm³/mol. The van der Waals surface area contributed by atoms with Gasteiger partial charge in [0.2, 0.25) is 5.95 Å². The number of nitrogens with zero attached hydrogens (tertiary/aromatic N) is 14. The number of hydrogen-bond acceptors (Lipinski definition) is 14. The van der Waals surface area contributed by atoms with E-state index < -0.39 is 11.2 Å². The lowest BCUT2D eigenvalue weighted by Gasteiger charge is -2.37. The molecule has 0 atom stereocenters. The van der Waals surface area contributed by atoms with Gasteiger partial charge in [0.1, 0.15) is 23.2 Å². The Morgan fingerprint density at radius 1 is 0.671 bits per heavy atom. The highest BCUT2D eigenvalue weighted by molar-refractivity contribution is 9.10. The minimum absolute atomic E-state index is 0.227. The van der Waals surface area contributed by atoms with Gasteiger partial charge in [-0.2, -0.15) is 9.97 Å². The van der Waals surface area contributed by atoms with Crippen LogP contribution in [0.2, 0.25) is 0 Å². The Morgan fingerprint density at radius 2 is 1.30 bits per heavy atom. The smallest absolute Gasteiger partial charge is 0.332 e. The number of piperazine rings is 1. The molecule has 8 heterocycles. The number of anilines is 2. The van der Waals surface area contributed by atoms with Crippen LogP contribution < -0.4 is 48.3 Å². The summed E-state index contributed by atoms with van der Waals surface area (Å²) in [5.41, 5.74) is 2.17. The summed E-state index contributed by atoms with van der Waals surface area (Å²) in [5, 5.41) is 10.0. The number of hydrogen-bond donors (Lipinski definition) is 1. The van der Waals surface area contributed by atoms with Gasteiger partial charge in [-0.05, 0) is 54.8 Å². The molecule has 5 aromatic heterocycles. The quantitative estimate of drug-likeness (QED) is 0.202. The zero-order chi connectivity index (χ0) is 54.1. The van der Waals surface area contributed by atoms with Crippen LogP contribution in [0.5, 0.6) is 17.5 Å². The number of aromatic nitrogens is 10. The molecule has 3 aliphatic heterocycles. The van der Waals surface area contributed by atoms with Gasteiger partial charge in [0.15, 0.2) is 22.3 Å². The second-order valence-electron chi connectivity index (χ2n) is 18.7. The molecule has 396 valence electrons. The summed E-state index contributed by atoms with van der Waals surface area (Å²) in [7, 11) is 7.83. The van der Waals surface area contributed by atoms with Crippen LogP contribution in [0.15, 0.2) is 130 Å². The van der Waals surface area contributed by atoms with Crippen LogP contribution in [-0.2, 0) is 67.8 Å². The number of amidine groups is 1. The Kier molecular flexibility index (Phi) is 15.0. The molecule has 8 aromatic rings. The van der Waals surface area contributed by atoms with Crippen LogP contribution in [0.4, 0.5) is 17.5 Å². The number of aliphatic imine (C=N–C) groups is 1. The van der Waals surface area contributed by atoms with Gasteiger partial charge in [0.05, 0.1) is 11.3 Å². The van der Waals surface area contributed by atoms with E-state index in [4.69, 9.17) is 9.72 Å². The van der Waals surface area contributed by atoms with Crippen molar-refractivity contribution in [1.29, 1.82) is 0 Å². The third-order valence-electron chi connectivity index (χ3n) is 13.8. The van der Waals surface area contributed by atoms with E-state index in [0.29, 0.717) is 53.3 Å². The summed E-state index contributed by atoms with van der Waals surface area (Å²) in [6, 6.07) is 25.0. The zero-order valence-electron chi connectivity index (χ0n) is 43.2. The number of allylic oxidation sites excluding steroid dienone is 1. The Labute approximate surface area is 443 Å². The first kappa shape index (κ1) is 52.4. The van der Waals surface area contributed by atoms with E-state index in [1.807, 2.05) is 60.0 Å². The van der Waals surface area contributed by atoms with Crippen molar-refractivity contribution in [3.05, 3.63) is 170 Å². The molecule has 0 aliphatic carbocycles. The SMILES string of the molecule is C=CCn1c(Oc2ccc(Br)cc2)nc2c1c(=O)n(C)c(=O)n2C.CCCn1c(=O)c2c(nc3n2CCCN3Cc2ccccc2)n(C)c1=O.Cn1c2c(c(=O)n(C)c1=O)CC(N1CCN(c3ccccc3O)CC1)=N2. The molecule has 23 heteroatoms. The highest BCUT2D eigenvalue weighted by Gasteiger charge is 2.30. The average Bonchev–Trinajstić information content (AvgIpc) is 4.16. The van der Waals surface area contributed by atoms with Crippen molar-refractivity contribution in [2.24, 2.45) is 40.2 Å². The fourth-order valence-electron chi connectivity index (χ4n) is 9.76. The first-order valence-electron chi connectivity index (χ1n) is 24.9. The first-order valence-corrected chi connectivity index (χ1v) is 25.7. The van der Waals surface area contributed by atoms with Crippen LogP contribution in [0.25, 0.3) is 22.3 Å². The Hall–Kier alpha value is -8.47. The molecular formula is C53H59BrN14O8. The highest BCUT2D eigenvalue weighted by Crippen LogP contribution is 2.30. The minimum Gasteiger partial charge on any atom is -0.506 e. The Balaban J connectivity index is 0.000000139. The van der Waals surface area contributed by atoms with Crippen molar-refractivity contribution in [2.45, 2.75) is 52.4 Å². The maximum atomic E-state index is 13.0. The van der Waals surface area contributed by atoms with Gasteiger partial charge in [0.25, 0.3) is 16.7 Å². The monoisotopic (exact) mass is 1100 g/mol. The van der Waals surface area contributed by atoms with Crippen molar-refractivity contribution in [3.63, 3.8) is 0 Å². The summed E-state index contributed by atoms with van der Waals surface area (Å²) < 4.78 is 18.1. The van der Waals surface area contributed by atoms with Crippen molar-refractivity contribution in [2.75, 3.05) is 42.5 Å². The van der Waals surface area contributed by atoms with E-state index in [1.165, 1.54) is 37.9 Å². The molecule has 0 amide bonds. The number of benzene rings is 3. The van der Waals surface area contributed by atoms with Crippen molar-refractivity contribution in [1.82, 2.24) is 51.4 Å². The van der Waals surface area contributed by atoms with Gasteiger partial charge in [-0.15, -0.1) is 6.58 Å². The summed E-state index contributed by atoms with van der Waals surface area (Å²) in [5.74, 6) is 2.92. The molecular weight excluding hydrogens is 1040 g/mol. The molecule has 3 aliphatic rings. The largest absolute Gasteiger partial charge is 0.506 e. The molecule has 3 aromatic carbocycles. The maximum absolute atomic E-state index is 13.0. The summed E-state index contributed by atoms with van der Waals surface area (Å²) in [4.78, 5) is 94.6. The van der Waals surface area contributed by atoms with Gasteiger partial charge in [-0.3, -0.25) is 46.4 Å². The third-order valence-corrected chi connectivity index (χ3v) is 14.3. The second-order valence-corrected chi connectivity index (χ2v) is 19.6. The number of ether oxygens (including phenoxy) is 1. The highest BCUT2D eigenvalue weighted by atomic mass is 79.9. The summed E-state index contributed by atoms with van der Waals surface area (Å²) in [6.45, 7) is 11.8. The van der Waals surface area contributed by atoms with Crippen LogP contribution in [0.3, 0.4) is 0 Å². The number of fused-ring (bicyclic) bond motifs is 5. The number of aromatic hydroxyl groups is 1. The first-order chi connectivity index (χ1) is 36.5. The van der Waals surface area contributed by atoms with Gasteiger partial charge in [0, 0.05) is 105 Å². The normalized spacial score (nSPS) is 13.9. The molecule has 0 unspecified atom stereocenters. The topological polar surface area (TPSA) is 219 Å². The number of imidazole rings is 2. The van der Waals surface area contributed by atoms with Gasteiger partial charge >= 0.3 is 23.1 Å². The molecule has 0 saturated carbocycles. The lowest BCUT2D eigenvalue weighted by molar-refractivity contribution is 0.378. The van der Waals surface area contributed by atoms with Crippen molar-refractivity contribution in [3.8, 4) is 17.5 Å². The van der Waals surface area contributed by atoms with Crippen molar-refractivity contribution >= 4 is 61.5 Å².